The third-order valence-electron chi connectivity index (χ3n) is 3.92. The summed E-state index contributed by atoms with van der Waals surface area (Å²) < 4.78 is 4.98. The number of carbonyl (C=O) groups is 1. The van der Waals surface area contributed by atoms with Gasteiger partial charge in [0.15, 0.2) is 5.82 Å². The topological polar surface area (TPSA) is 111 Å². The Morgan fingerprint density at radius 1 is 1.48 bits per heavy atom. The van der Waals surface area contributed by atoms with E-state index in [1.54, 1.807) is 6.92 Å². The molecule has 0 aliphatic heterocycles. The molecule has 1 heterocycles. The molecule has 1 aliphatic carbocycles. The van der Waals surface area contributed by atoms with E-state index >= 15 is 0 Å². The summed E-state index contributed by atoms with van der Waals surface area (Å²) in [5, 5.41) is 17.7. The van der Waals surface area contributed by atoms with Crippen molar-refractivity contribution in [2.24, 2.45) is 0 Å². The van der Waals surface area contributed by atoms with E-state index in [-0.39, 0.29) is 16.3 Å². The number of hydrogen-bond acceptors (Lipinski definition) is 6. The lowest BCUT2D eigenvalue weighted by molar-refractivity contribution is -0.384. The highest BCUT2D eigenvalue weighted by atomic mass is 35.5. The Morgan fingerprint density at radius 2 is 2.22 bits per heavy atom. The van der Waals surface area contributed by atoms with Gasteiger partial charge in [-0.2, -0.15) is 4.98 Å². The molecule has 0 atom stereocenters. The highest BCUT2D eigenvalue weighted by Crippen LogP contribution is 2.40. The van der Waals surface area contributed by atoms with Crippen molar-refractivity contribution in [1.29, 1.82) is 0 Å². The fraction of sp³-hybridized carbons (Fsp3) is 0.357. The number of carbonyl (C=O) groups excluding carboxylic acids is 1. The van der Waals surface area contributed by atoms with Crippen molar-refractivity contribution < 1.29 is 14.2 Å². The Kier molecular flexibility index (Phi) is 3.77. The van der Waals surface area contributed by atoms with E-state index in [9.17, 15) is 14.9 Å². The molecule has 1 aromatic carbocycles. The van der Waals surface area contributed by atoms with Gasteiger partial charge in [0.1, 0.15) is 10.6 Å². The van der Waals surface area contributed by atoms with Gasteiger partial charge < -0.3 is 9.84 Å². The normalized spacial score (nSPS) is 15.7. The van der Waals surface area contributed by atoms with Crippen LogP contribution in [0.15, 0.2) is 22.7 Å². The minimum atomic E-state index is -0.677. The zero-order valence-electron chi connectivity index (χ0n) is 12.2. The number of nitrogens with zero attached hydrogens (tertiary/aromatic N) is 3. The molecule has 9 heteroatoms. The van der Waals surface area contributed by atoms with Crippen molar-refractivity contribution in [3.05, 3.63) is 50.6 Å². The number of amides is 1. The molecule has 120 valence electrons. The van der Waals surface area contributed by atoms with Crippen LogP contribution in [-0.2, 0) is 5.54 Å². The zero-order chi connectivity index (χ0) is 16.6. The Hall–Kier alpha value is -2.48. The van der Waals surface area contributed by atoms with Crippen LogP contribution in [0.1, 0.15) is 41.3 Å². The summed E-state index contributed by atoms with van der Waals surface area (Å²) in [6.45, 7) is 1.67. The Bertz CT molecular complexity index is 785. The predicted octanol–water partition coefficient (Wildman–Crippen LogP) is 2.75. The SMILES string of the molecule is Cc1nc(C2(NC(=O)c3ccc(Cl)c([N+](=O)[O-])c3)CCC2)no1. The Labute approximate surface area is 136 Å². The smallest absolute Gasteiger partial charge is 0.288 e. The summed E-state index contributed by atoms with van der Waals surface area (Å²) >= 11 is 5.76. The van der Waals surface area contributed by atoms with Crippen LogP contribution in [-0.4, -0.2) is 21.0 Å². The van der Waals surface area contributed by atoms with Crippen LogP contribution in [0.3, 0.4) is 0 Å². The van der Waals surface area contributed by atoms with Gasteiger partial charge in [0.2, 0.25) is 5.89 Å². The van der Waals surface area contributed by atoms with E-state index in [1.165, 1.54) is 12.1 Å². The first kappa shape index (κ1) is 15.4. The standard InChI is InChI=1S/C14H13ClN4O4/c1-8-16-13(18-23-8)14(5-2-6-14)17-12(20)9-3-4-10(15)11(7-9)19(21)22/h3-4,7H,2,5-6H2,1H3,(H,17,20). The van der Waals surface area contributed by atoms with Crippen LogP contribution >= 0.6 is 11.6 Å². The fourth-order valence-corrected chi connectivity index (χ4v) is 2.70. The molecule has 0 radical (unpaired) electrons. The van der Waals surface area contributed by atoms with E-state index < -0.39 is 16.4 Å². The monoisotopic (exact) mass is 336 g/mol. The maximum absolute atomic E-state index is 12.5. The van der Waals surface area contributed by atoms with E-state index in [4.69, 9.17) is 16.1 Å². The number of hydrogen-bond donors (Lipinski definition) is 1. The lowest BCUT2D eigenvalue weighted by atomic mass is 9.76. The van der Waals surface area contributed by atoms with Gasteiger partial charge in [-0.05, 0) is 31.4 Å². The molecule has 8 nitrogen and oxygen atoms in total. The van der Waals surface area contributed by atoms with Gasteiger partial charge in [0.05, 0.1) is 4.92 Å². The van der Waals surface area contributed by atoms with Gasteiger partial charge in [0.25, 0.3) is 11.6 Å². The molecule has 0 bridgehead atoms. The Morgan fingerprint density at radius 3 is 2.74 bits per heavy atom. The van der Waals surface area contributed by atoms with Gasteiger partial charge in [-0.15, -0.1) is 0 Å². The zero-order valence-corrected chi connectivity index (χ0v) is 13.0. The largest absolute Gasteiger partial charge is 0.340 e. The number of nitrogens with one attached hydrogen (secondary N) is 1. The van der Waals surface area contributed by atoms with E-state index in [2.05, 4.69) is 15.5 Å². The second-order valence-electron chi connectivity index (χ2n) is 5.45. The van der Waals surface area contributed by atoms with Crippen molar-refractivity contribution in [3.63, 3.8) is 0 Å². The summed E-state index contributed by atoms with van der Waals surface area (Å²) in [5.74, 6) is 0.410. The molecule has 0 saturated heterocycles. The van der Waals surface area contributed by atoms with Gasteiger partial charge in [0, 0.05) is 18.6 Å². The lowest BCUT2D eigenvalue weighted by Gasteiger charge is -2.39. The molecule has 1 amide bonds. The van der Waals surface area contributed by atoms with Crippen molar-refractivity contribution in [1.82, 2.24) is 15.5 Å². The molecule has 23 heavy (non-hydrogen) atoms. The highest BCUT2D eigenvalue weighted by Gasteiger charge is 2.44. The van der Waals surface area contributed by atoms with Gasteiger partial charge in [-0.25, -0.2) is 0 Å². The average Bonchev–Trinajstić information content (AvgIpc) is 2.89. The van der Waals surface area contributed by atoms with Gasteiger partial charge >= 0.3 is 0 Å². The number of nitro benzene ring substituents is 1. The number of rotatable bonds is 4. The van der Waals surface area contributed by atoms with Crippen LogP contribution in [0.2, 0.25) is 5.02 Å². The maximum Gasteiger partial charge on any atom is 0.288 e. The van der Waals surface area contributed by atoms with Gasteiger partial charge in [-0.1, -0.05) is 16.8 Å². The minimum Gasteiger partial charge on any atom is -0.340 e. The van der Waals surface area contributed by atoms with Crippen LogP contribution in [0, 0.1) is 17.0 Å². The molecule has 0 spiro atoms. The molecule has 3 rings (SSSR count). The predicted molar refractivity (Wildman–Crippen MR) is 80.1 cm³/mol. The molecule has 2 aromatic rings. The van der Waals surface area contributed by atoms with Crippen LogP contribution in [0.4, 0.5) is 5.69 Å². The fourth-order valence-electron chi connectivity index (χ4n) is 2.51. The molecule has 1 N–H and O–H groups in total. The number of halogens is 1. The van der Waals surface area contributed by atoms with Crippen molar-refractivity contribution in [2.45, 2.75) is 31.7 Å². The average molecular weight is 337 g/mol. The quantitative estimate of drug-likeness (QED) is 0.678. The molecule has 0 unspecified atom stereocenters. The highest BCUT2D eigenvalue weighted by molar-refractivity contribution is 6.32. The lowest BCUT2D eigenvalue weighted by Crippen LogP contribution is -2.51. The van der Waals surface area contributed by atoms with E-state index in [0.717, 1.165) is 12.5 Å². The second-order valence-corrected chi connectivity index (χ2v) is 5.86. The molecule has 1 fully saturated rings. The number of benzene rings is 1. The van der Waals surface area contributed by atoms with E-state index in [1.807, 2.05) is 0 Å². The molecule has 1 aromatic heterocycles. The van der Waals surface area contributed by atoms with Crippen LogP contribution in [0.5, 0.6) is 0 Å². The summed E-state index contributed by atoms with van der Waals surface area (Å²) in [7, 11) is 0. The Balaban J connectivity index is 1.86. The maximum atomic E-state index is 12.5. The third-order valence-corrected chi connectivity index (χ3v) is 4.24. The third kappa shape index (κ3) is 2.77. The number of nitro groups is 1. The summed E-state index contributed by atoms with van der Waals surface area (Å²) in [6, 6.07) is 3.94. The first-order valence-electron chi connectivity index (χ1n) is 6.98. The summed E-state index contributed by atoms with van der Waals surface area (Å²) in [5.41, 5.74) is -0.825. The minimum absolute atomic E-state index is 0.0151. The van der Waals surface area contributed by atoms with Crippen molar-refractivity contribution in [3.8, 4) is 0 Å². The van der Waals surface area contributed by atoms with Crippen molar-refractivity contribution in [2.75, 3.05) is 0 Å². The van der Waals surface area contributed by atoms with Crippen molar-refractivity contribution >= 4 is 23.2 Å². The van der Waals surface area contributed by atoms with E-state index in [0.29, 0.717) is 24.6 Å². The number of aryl methyl sites for hydroxylation is 1. The molecule has 1 aliphatic rings. The molecule has 1 saturated carbocycles. The summed E-state index contributed by atoms with van der Waals surface area (Å²) in [6.07, 6.45) is 2.30. The van der Waals surface area contributed by atoms with Crippen LogP contribution < -0.4 is 5.32 Å². The second kappa shape index (κ2) is 5.62. The first-order valence-corrected chi connectivity index (χ1v) is 7.36. The summed E-state index contributed by atoms with van der Waals surface area (Å²) in [4.78, 5) is 27.0. The molecular formula is C14H13ClN4O4. The first-order chi connectivity index (χ1) is 10.9. The molecular weight excluding hydrogens is 324 g/mol. The number of aromatic nitrogens is 2. The van der Waals surface area contributed by atoms with Gasteiger partial charge in [-0.3, -0.25) is 14.9 Å². The van der Waals surface area contributed by atoms with Crippen LogP contribution in [0.25, 0.3) is 0 Å².